The first kappa shape index (κ1) is 15.8. The first-order chi connectivity index (χ1) is 8.10. The van der Waals surface area contributed by atoms with Crippen molar-refractivity contribution >= 4 is 11.9 Å². The molecule has 1 atom stereocenters. The summed E-state index contributed by atoms with van der Waals surface area (Å²) in [6.45, 7) is 2.33. The fourth-order valence-electron chi connectivity index (χ4n) is 0.783. The monoisotopic (exact) mass is 250 g/mol. The van der Waals surface area contributed by atoms with Crippen LogP contribution in [0, 0.1) is 0 Å². The van der Waals surface area contributed by atoms with Gasteiger partial charge in [0.25, 0.3) is 0 Å². The van der Waals surface area contributed by atoms with Crippen molar-refractivity contribution in [3.05, 3.63) is 0 Å². The minimum absolute atomic E-state index is 0.0242. The summed E-state index contributed by atoms with van der Waals surface area (Å²) in [4.78, 5) is 20.3. The van der Waals surface area contributed by atoms with Crippen LogP contribution in [0.4, 0.5) is 0 Å². The first-order valence-corrected chi connectivity index (χ1v) is 5.28. The van der Waals surface area contributed by atoms with Crippen LogP contribution in [0.25, 0.3) is 0 Å². The number of rotatable bonds is 5. The number of ether oxygens (including phenoxy) is 3. The normalized spacial score (nSPS) is 16.4. The first-order valence-electron chi connectivity index (χ1n) is 5.28. The van der Waals surface area contributed by atoms with E-state index in [4.69, 9.17) is 14.9 Å². The van der Waals surface area contributed by atoms with Gasteiger partial charge >= 0.3 is 11.9 Å². The van der Waals surface area contributed by atoms with Crippen molar-refractivity contribution in [2.24, 2.45) is 0 Å². The van der Waals surface area contributed by atoms with Gasteiger partial charge in [0.15, 0.2) is 0 Å². The van der Waals surface area contributed by atoms with Gasteiger partial charge in [-0.2, -0.15) is 0 Å². The van der Waals surface area contributed by atoms with Crippen LogP contribution >= 0.6 is 0 Å². The summed E-state index contributed by atoms with van der Waals surface area (Å²) in [5.74, 6) is -1.03. The molecule has 0 spiro atoms. The van der Waals surface area contributed by atoms with E-state index in [2.05, 4.69) is 9.47 Å². The number of cyclic esters (lactones) is 2. The van der Waals surface area contributed by atoms with Crippen LogP contribution < -0.4 is 0 Å². The molecular weight excluding hydrogens is 232 g/mol. The molecule has 0 amide bonds. The number of aliphatic hydroxyl groups excluding tert-OH is 2. The Labute approximate surface area is 99.3 Å². The molecule has 0 aromatic heterocycles. The lowest BCUT2D eigenvalue weighted by atomic mass is 10.3. The Morgan fingerprint density at radius 3 is 2.29 bits per heavy atom. The van der Waals surface area contributed by atoms with Crippen molar-refractivity contribution in [1.82, 2.24) is 0 Å². The molecule has 1 saturated heterocycles. The van der Waals surface area contributed by atoms with Gasteiger partial charge in [0, 0.05) is 0 Å². The lowest BCUT2D eigenvalue weighted by Gasteiger charge is -2.09. The van der Waals surface area contributed by atoms with Gasteiger partial charge in [-0.1, -0.05) is 6.92 Å². The average Bonchev–Trinajstić information content (AvgIpc) is 2.29. The SMILES string of the molecule is CCC(O)COCCO.O=C1CC(=O)OCO1. The van der Waals surface area contributed by atoms with E-state index in [9.17, 15) is 9.59 Å². The van der Waals surface area contributed by atoms with Gasteiger partial charge in [-0.05, 0) is 6.42 Å². The van der Waals surface area contributed by atoms with Crippen molar-refractivity contribution in [2.75, 3.05) is 26.6 Å². The summed E-state index contributed by atoms with van der Waals surface area (Å²) < 4.78 is 13.4. The molecule has 1 unspecified atom stereocenters. The van der Waals surface area contributed by atoms with Crippen LogP contribution in [0.1, 0.15) is 19.8 Å². The lowest BCUT2D eigenvalue weighted by molar-refractivity contribution is -0.181. The second kappa shape index (κ2) is 10.0. The number of hydrogen-bond acceptors (Lipinski definition) is 7. The molecule has 7 nitrogen and oxygen atoms in total. The van der Waals surface area contributed by atoms with Gasteiger partial charge in [-0.25, -0.2) is 0 Å². The summed E-state index contributed by atoms with van der Waals surface area (Å²) >= 11 is 0. The van der Waals surface area contributed by atoms with E-state index in [0.29, 0.717) is 19.6 Å². The summed E-state index contributed by atoms with van der Waals surface area (Å²) in [6.07, 6.45) is 0.0716. The standard InChI is InChI=1S/C6H14O3.C4H4O4/c1-2-6(8)5-9-4-3-7;5-3-1-4(6)8-2-7-3/h6-8H,2-5H2,1H3;1-2H2. The Kier molecular flexibility index (Phi) is 9.31. The molecule has 100 valence electrons. The average molecular weight is 250 g/mol. The molecule has 0 aliphatic carbocycles. The zero-order valence-corrected chi connectivity index (χ0v) is 9.76. The fourth-order valence-corrected chi connectivity index (χ4v) is 0.783. The minimum Gasteiger partial charge on any atom is -0.427 e. The van der Waals surface area contributed by atoms with Crippen molar-refractivity contribution in [3.8, 4) is 0 Å². The molecule has 2 N–H and O–H groups in total. The van der Waals surface area contributed by atoms with Gasteiger partial charge in [0.1, 0.15) is 6.42 Å². The van der Waals surface area contributed by atoms with E-state index in [-0.39, 0.29) is 25.9 Å². The summed E-state index contributed by atoms with van der Waals surface area (Å²) in [5, 5.41) is 17.1. The highest BCUT2D eigenvalue weighted by Crippen LogP contribution is 1.97. The third kappa shape index (κ3) is 9.73. The molecule has 1 aliphatic rings. The molecule has 1 rings (SSSR count). The molecule has 1 aliphatic heterocycles. The summed E-state index contributed by atoms with van der Waals surface area (Å²) in [7, 11) is 0. The molecule has 17 heavy (non-hydrogen) atoms. The van der Waals surface area contributed by atoms with Crippen LogP contribution in [0.3, 0.4) is 0 Å². The van der Waals surface area contributed by atoms with E-state index < -0.39 is 11.9 Å². The molecule has 0 bridgehead atoms. The maximum absolute atomic E-state index is 10.2. The van der Waals surface area contributed by atoms with Gasteiger partial charge in [-0.15, -0.1) is 0 Å². The maximum Gasteiger partial charge on any atom is 0.320 e. The number of aliphatic hydroxyl groups is 2. The maximum atomic E-state index is 10.2. The van der Waals surface area contributed by atoms with Gasteiger partial charge in [0.2, 0.25) is 6.79 Å². The van der Waals surface area contributed by atoms with Crippen LogP contribution in [0.5, 0.6) is 0 Å². The number of hydrogen-bond donors (Lipinski definition) is 2. The lowest BCUT2D eigenvalue weighted by Crippen LogP contribution is -2.22. The van der Waals surface area contributed by atoms with Crippen LogP contribution in [0.15, 0.2) is 0 Å². The number of carbonyl (C=O) groups is 2. The molecule has 7 heteroatoms. The van der Waals surface area contributed by atoms with Crippen molar-refractivity contribution in [2.45, 2.75) is 25.9 Å². The minimum atomic E-state index is -0.513. The second-order valence-electron chi connectivity index (χ2n) is 3.19. The largest absolute Gasteiger partial charge is 0.427 e. The van der Waals surface area contributed by atoms with Gasteiger partial charge in [0.05, 0.1) is 25.9 Å². The van der Waals surface area contributed by atoms with E-state index >= 15 is 0 Å². The quantitative estimate of drug-likeness (QED) is 0.374. The molecule has 1 heterocycles. The van der Waals surface area contributed by atoms with E-state index in [0.717, 1.165) is 0 Å². The molecule has 0 saturated carbocycles. The molecular formula is C10H18O7. The number of esters is 2. The van der Waals surface area contributed by atoms with Gasteiger partial charge < -0.3 is 24.4 Å². The van der Waals surface area contributed by atoms with Crippen LogP contribution in [-0.4, -0.2) is 54.9 Å². The van der Waals surface area contributed by atoms with Crippen molar-refractivity contribution in [3.63, 3.8) is 0 Å². The van der Waals surface area contributed by atoms with Crippen LogP contribution in [0.2, 0.25) is 0 Å². The van der Waals surface area contributed by atoms with Crippen molar-refractivity contribution < 1.29 is 34.0 Å². The zero-order chi connectivity index (χ0) is 13.1. The van der Waals surface area contributed by atoms with E-state index in [1.165, 1.54) is 0 Å². The Morgan fingerprint density at radius 1 is 1.35 bits per heavy atom. The Balaban J connectivity index is 0.000000302. The molecule has 0 aromatic carbocycles. The summed E-state index contributed by atoms with van der Waals surface area (Å²) in [6, 6.07) is 0. The third-order valence-corrected chi connectivity index (χ3v) is 1.75. The van der Waals surface area contributed by atoms with Crippen molar-refractivity contribution in [1.29, 1.82) is 0 Å². The number of carbonyl (C=O) groups excluding carboxylic acids is 2. The molecule has 1 fully saturated rings. The molecule has 0 aromatic rings. The Hall–Kier alpha value is -1.18. The Bertz CT molecular complexity index is 215. The highest BCUT2D eigenvalue weighted by molar-refractivity contribution is 5.92. The highest BCUT2D eigenvalue weighted by Gasteiger charge is 2.17. The highest BCUT2D eigenvalue weighted by atomic mass is 16.7. The van der Waals surface area contributed by atoms with E-state index in [1.807, 2.05) is 6.92 Å². The fraction of sp³-hybridized carbons (Fsp3) is 0.800. The zero-order valence-electron chi connectivity index (χ0n) is 9.76. The smallest absolute Gasteiger partial charge is 0.320 e. The topological polar surface area (TPSA) is 102 Å². The van der Waals surface area contributed by atoms with Gasteiger partial charge in [-0.3, -0.25) is 9.59 Å². The van der Waals surface area contributed by atoms with E-state index in [1.54, 1.807) is 0 Å². The Morgan fingerprint density at radius 2 is 1.94 bits per heavy atom. The summed E-state index contributed by atoms with van der Waals surface area (Å²) in [5.41, 5.74) is 0. The van der Waals surface area contributed by atoms with Crippen LogP contribution in [-0.2, 0) is 23.8 Å². The predicted octanol–water partition coefficient (Wildman–Crippen LogP) is -0.800. The third-order valence-electron chi connectivity index (χ3n) is 1.75. The molecule has 0 radical (unpaired) electrons. The predicted molar refractivity (Wildman–Crippen MR) is 55.9 cm³/mol. The second-order valence-corrected chi connectivity index (χ2v) is 3.19.